The standard InChI is InChI=1S/C16H14ClF3N6O/c17-11-5-6-12-21-7-13(26(12)23-11)22-14(27)8-25-10-4-2-1-3-9(10)15(24-25)16(18,19)20/h5-7H,1-4,8H2,(H,22,27). The van der Waals surface area contributed by atoms with Crippen LogP contribution in [0.1, 0.15) is 29.8 Å². The number of anilines is 1. The van der Waals surface area contributed by atoms with Crippen LogP contribution in [0.4, 0.5) is 19.0 Å². The molecule has 7 nitrogen and oxygen atoms in total. The van der Waals surface area contributed by atoms with Crippen molar-refractivity contribution in [3.05, 3.63) is 40.4 Å². The Morgan fingerprint density at radius 1 is 1.22 bits per heavy atom. The van der Waals surface area contributed by atoms with Crippen LogP contribution in [0.5, 0.6) is 0 Å². The molecule has 3 aromatic rings. The Kier molecular flexibility index (Phi) is 4.29. The second kappa shape index (κ2) is 6.52. The zero-order valence-electron chi connectivity index (χ0n) is 13.9. The molecule has 0 saturated heterocycles. The van der Waals surface area contributed by atoms with Crippen LogP contribution >= 0.6 is 11.6 Å². The number of hydrogen-bond donors (Lipinski definition) is 1. The summed E-state index contributed by atoms with van der Waals surface area (Å²) in [6, 6.07) is 3.19. The summed E-state index contributed by atoms with van der Waals surface area (Å²) >= 11 is 5.85. The first-order valence-electron chi connectivity index (χ1n) is 8.29. The van der Waals surface area contributed by atoms with Gasteiger partial charge in [-0.15, -0.1) is 0 Å². The van der Waals surface area contributed by atoms with E-state index in [1.807, 2.05) is 0 Å². The molecule has 0 radical (unpaired) electrons. The zero-order chi connectivity index (χ0) is 19.2. The molecular formula is C16H14ClF3N6O. The number of carbonyl (C=O) groups excluding carboxylic acids is 1. The van der Waals surface area contributed by atoms with Gasteiger partial charge in [-0.05, 0) is 37.8 Å². The molecule has 1 aliphatic carbocycles. The summed E-state index contributed by atoms with van der Waals surface area (Å²) in [5.74, 6) is -0.252. The summed E-state index contributed by atoms with van der Waals surface area (Å²) in [5.41, 5.74) is 0.256. The van der Waals surface area contributed by atoms with Crippen molar-refractivity contribution in [2.24, 2.45) is 0 Å². The van der Waals surface area contributed by atoms with Crippen molar-refractivity contribution in [2.75, 3.05) is 5.32 Å². The Morgan fingerprint density at radius 2 is 2.00 bits per heavy atom. The van der Waals surface area contributed by atoms with Crippen LogP contribution in [0.2, 0.25) is 5.15 Å². The molecular weight excluding hydrogens is 385 g/mol. The van der Waals surface area contributed by atoms with Gasteiger partial charge in [-0.1, -0.05) is 11.6 Å². The highest BCUT2D eigenvalue weighted by Crippen LogP contribution is 2.35. The third-order valence-electron chi connectivity index (χ3n) is 4.42. The highest BCUT2D eigenvalue weighted by atomic mass is 35.5. The van der Waals surface area contributed by atoms with Crippen molar-refractivity contribution in [3.63, 3.8) is 0 Å². The first-order valence-corrected chi connectivity index (χ1v) is 8.66. The molecule has 0 unspecified atom stereocenters. The van der Waals surface area contributed by atoms with Crippen molar-refractivity contribution in [1.82, 2.24) is 24.4 Å². The highest BCUT2D eigenvalue weighted by molar-refractivity contribution is 6.29. The maximum Gasteiger partial charge on any atom is 0.435 e. The van der Waals surface area contributed by atoms with E-state index in [-0.39, 0.29) is 23.1 Å². The number of nitrogens with one attached hydrogen (secondary N) is 1. The fourth-order valence-electron chi connectivity index (χ4n) is 3.28. The predicted molar refractivity (Wildman–Crippen MR) is 90.5 cm³/mol. The molecule has 0 spiro atoms. The Hall–Kier alpha value is -2.62. The Morgan fingerprint density at radius 3 is 2.78 bits per heavy atom. The minimum Gasteiger partial charge on any atom is -0.308 e. The average molecular weight is 399 g/mol. The van der Waals surface area contributed by atoms with Crippen LogP contribution in [0.25, 0.3) is 5.65 Å². The number of imidazole rings is 1. The van der Waals surface area contributed by atoms with E-state index >= 15 is 0 Å². The number of halogens is 4. The lowest BCUT2D eigenvalue weighted by atomic mass is 9.95. The van der Waals surface area contributed by atoms with Crippen LogP contribution in [-0.2, 0) is 30.4 Å². The normalized spacial score (nSPS) is 14.4. The van der Waals surface area contributed by atoms with E-state index in [0.717, 1.165) is 11.1 Å². The van der Waals surface area contributed by atoms with Crippen molar-refractivity contribution in [1.29, 1.82) is 0 Å². The number of carbonyl (C=O) groups is 1. The maximum atomic E-state index is 13.2. The molecule has 3 heterocycles. The zero-order valence-corrected chi connectivity index (χ0v) is 14.7. The van der Waals surface area contributed by atoms with Crippen LogP contribution < -0.4 is 5.32 Å². The lowest BCUT2D eigenvalue weighted by molar-refractivity contribution is -0.142. The molecule has 0 aromatic carbocycles. The van der Waals surface area contributed by atoms with Gasteiger partial charge in [-0.2, -0.15) is 27.9 Å². The van der Waals surface area contributed by atoms with Gasteiger partial charge >= 0.3 is 6.18 Å². The Labute approximate surface area is 156 Å². The molecule has 4 rings (SSSR count). The van der Waals surface area contributed by atoms with Gasteiger partial charge in [-0.25, -0.2) is 4.98 Å². The van der Waals surface area contributed by atoms with Gasteiger partial charge in [0, 0.05) is 11.3 Å². The summed E-state index contributed by atoms with van der Waals surface area (Å²) in [7, 11) is 0. The number of alkyl halides is 3. The van der Waals surface area contributed by atoms with E-state index in [1.54, 1.807) is 12.1 Å². The quantitative estimate of drug-likeness (QED) is 0.735. The van der Waals surface area contributed by atoms with Gasteiger partial charge in [0.05, 0.1) is 6.20 Å². The molecule has 1 aliphatic rings. The largest absolute Gasteiger partial charge is 0.435 e. The SMILES string of the molecule is O=C(Cn1nc(C(F)(F)F)c2c1CCCC2)Nc1cnc2ccc(Cl)nn12. The minimum atomic E-state index is -4.54. The van der Waals surface area contributed by atoms with E-state index in [2.05, 4.69) is 20.5 Å². The van der Waals surface area contributed by atoms with Crippen LogP contribution in [0.3, 0.4) is 0 Å². The van der Waals surface area contributed by atoms with E-state index in [4.69, 9.17) is 11.6 Å². The van der Waals surface area contributed by atoms with Gasteiger partial charge in [0.15, 0.2) is 17.2 Å². The molecule has 11 heteroatoms. The van der Waals surface area contributed by atoms with Gasteiger partial charge in [-0.3, -0.25) is 9.48 Å². The number of amides is 1. The predicted octanol–water partition coefficient (Wildman–Crippen LogP) is 3.12. The van der Waals surface area contributed by atoms with Crippen LogP contribution in [0, 0.1) is 0 Å². The summed E-state index contributed by atoms with van der Waals surface area (Å²) in [6.45, 7) is -0.327. The highest BCUT2D eigenvalue weighted by Gasteiger charge is 2.39. The van der Waals surface area contributed by atoms with E-state index in [1.165, 1.54) is 10.7 Å². The summed E-state index contributed by atoms with van der Waals surface area (Å²) in [5, 5.41) is 10.5. The molecule has 27 heavy (non-hydrogen) atoms. The average Bonchev–Trinajstić information content (AvgIpc) is 3.17. The topological polar surface area (TPSA) is 77.1 Å². The summed E-state index contributed by atoms with van der Waals surface area (Å²) in [4.78, 5) is 16.5. The van der Waals surface area contributed by atoms with Crippen molar-refractivity contribution >= 4 is 29.0 Å². The van der Waals surface area contributed by atoms with E-state index in [0.29, 0.717) is 30.6 Å². The Bertz CT molecular complexity index is 1030. The van der Waals surface area contributed by atoms with Gasteiger partial charge in [0.2, 0.25) is 5.91 Å². The molecule has 0 aliphatic heterocycles. The second-order valence-electron chi connectivity index (χ2n) is 6.25. The minimum absolute atomic E-state index is 0.199. The van der Waals surface area contributed by atoms with Crippen molar-refractivity contribution in [3.8, 4) is 0 Å². The van der Waals surface area contributed by atoms with Crippen LogP contribution in [0.15, 0.2) is 18.3 Å². The molecule has 0 atom stereocenters. The third kappa shape index (κ3) is 3.36. The molecule has 0 saturated carbocycles. The summed E-state index contributed by atoms with van der Waals surface area (Å²) in [6.07, 6.45) is -0.892. The lowest BCUT2D eigenvalue weighted by Crippen LogP contribution is -2.22. The molecule has 142 valence electrons. The molecule has 0 bridgehead atoms. The second-order valence-corrected chi connectivity index (χ2v) is 6.64. The van der Waals surface area contributed by atoms with E-state index in [9.17, 15) is 18.0 Å². The molecule has 1 amide bonds. The first kappa shape index (κ1) is 17.8. The number of fused-ring (bicyclic) bond motifs is 2. The molecule has 3 aromatic heterocycles. The fraction of sp³-hybridized carbons (Fsp3) is 0.375. The number of nitrogens with zero attached hydrogens (tertiary/aromatic N) is 5. The Balaban J connectivity index is 1.59. The van der Waals surface area contributed by atoms with Crippen molar-refractivity contribution < 1.29 is 18.0 Å². The van der Waals surface area contributed by atoms with Crippen molar-refractivity contribution in [2.45, 2.75) is 38.4 Å². The lowest BCUT2D eigenvalue weighted by Gasteiger charge is -2.14. The number of aromatic nitrogens is 5. The van der Waals surface area contributed by atoms with Crippen LogP contribution in [-0.4, -0.2) is 30.3 Å². The number of rotatable bonds is 3. The molecule has 0 fully saturated rings. The smallest absolute Gasteiger partial charge is 0.308 e. The first-order chi connectivity index (χ1) is 12.8. The fourth-order valence-corrected chi connectivity index (χ4v) is 3.42. The molecule has 1 N–H and O–H groups in total. The van der Waals surface area contributed by atoms with Gasteiger partial charge < -0.3 is 5.32 Å². The van der Waals surface area contributed by atoms with Gasteiger partial charge in [0.25, 0.3) is 0 Å². The summed E-state index contributed by atoms with van der Waals surface area (Å²) < 4.78 is 42.2. The number of hydrogen-bond acceptors (Lipinski definition) is 4. The monoisotopic (exact) mass is 398 g/mol. The third-order valence-corrected chi connectivity index (χ3v) is 4.62. The maximum absolute atomic E-state index is 13.2. The van der Waals surface area contributed by atoms with E-state index < -0.39 is 17.8 Å². The van der Waals surface area contributed by atoms with Gasteiger partial charge in [0.1, 0.15) is 11.7 Å².